The molecule has 1 aromatic carbocycles. The van der Waals surface area contributed by atoms with Gasteiger partial charge in [0.25, 0.3) is 0 Å². The second kappa shape index (κ2) is 10.2. The van der Waals surface area contributed by atoms with E-state index in [9.17, 15) is 9.59 Å². The van der Waals surface area contributed by atoms with Gasteiger partial charge in [0.15, 0.2) is 4.34 Å². The van der Waals surface area contributed by atoms with E-state index in [1.54, 1.807) is 11.8 Å². The van der Waals surface area contributed by atoms with E-state index in [4.69, 9.17) is 4.74 Å². The summed E-state index contributed by atoms with van der Waals surface area (Å²) in [6.45, 7) is 2.69. The van der Waals surface area contributed by atoms with Gasteiger partial charge in [-0.05, 0) is 44.4 Å². The standard InChI is InChI=1S/C18H21BrN4O3S2/c1-2-26-16(25)14-8-3-4-9-23(14)15(24)11-27-18-22-21-17(28-18)20-13-7-5-6-12(19)10-13/h5-7,10,14H,2-4,8-9,11H2,1H3,(H,20,21). The summed E-state index contributed by atoms with van der Waals surface area (Å²) >= 11 is 6.16. The Kier molecular flexibility index (Phi) is 7.69. The zero-order valence-electron chi connectivity index (χ0n) is 15.4. The highest BCUT2D eigenvalue weighted by molar-refractivity contribution is 9.10. The summed E-state index contributed by atoms with van der Waals surface area (Å²) in [5, 5.41) is 12.1. The lowest BCUT2D eigenvalue weighted by molar-refractivity contribution is -0.155. The highest BCUT2D eigenvalue weighted by Gasteiger charge is 2.33. The molecule has 0 aliphatic carbocycles. The first-order chi connectivity index (χ1) is 13.6. The molecule has 150 valence electrons. The van der Waals surface area contributed by atoms with Gasteiger partial charge in [-0.1, -0.05) is 45.1 Å². The van der Waals surface area contributed by atoms with Gasteiger partial charge < -0.3 is 15.0 Å². The fourth-order valence-electron chi connectivity index (χ4n) is 2.93. The zero-order valence-corrected chi connectivity index (χ0v) is 18.6. The molecule has 1 unspecified atom stereocenters. The van der Waals surface area contributed by atoms with Gasteiger partial charge in [0, 0.05) is 16.7 Å². The lowest BCUT2D eigenvalue weighted by Crippen LogP contribution is -2.49. The third-order valence-electron chi connectivity index (χ3n) is 4.18. The SMILES string of the molecule is CCOC(=O)C1CCCCN1C(=O)CSc1nnc(Nc2cccc(Br)c2)s1. The molecular formula is C18H21BrN4O3S2. The topological polar surface area (TPSA) is 84.4 Å². The molecule has 1 aliphatic rings. The lowest BCUT2D eigenvalue weighted by Gasteiger charge is -2.33. The number of carbonyl (C=O) groups is 2. The largest absolute Gasteiger partial charge is 0.464 e. The maximum absolute atomic E-state index is 12.7. The number of thioether (sulfide) groups is 1. The summed E-state index contributed by atoms with van der Waals surface area (Å²) in [5.41, 5.74) is 0.906. The minimum atomic E-state index is -0.468. The number of likely N-dealkylation sites (tertiary alicyclic amines) is 1. The molecule has 0 bridgehead atoms. The Morgan fingerprint density at radius 2 is 2.25 bits per heavy atom. The molecule has 1 aromatic heterocycles. The quantitative estimate of drug-likeness (QED) is 0.467. The van der Waals surface area contributed by atoms with E-state index in [1.165, 1.54) is 23.1 Å². The van der Waals surface area contributed by atoms with Crippen LogP contribution in [0.4, 0.5) is 10.8 Å². The van der Waals surface area contributed by atoms with Crippen LogP contribution in [-0.2, 0) is 14.3 Å². The van der Waals surface area contributed by atoms with Crippen LogP contribution in [0.15, 0.2) is 33.1 Å². The Morgan fingerprint density at radius 3 is 3.04 bits per heavy atom. The third kappa shape index (κ3) is 5.68. The van der Waals surface area contributed by atoms with Crippen molar-refractivity contribution in [2.45, 2.75) is 36.6 Å². The van der Waals surface area contributed by atoms with E-state index in [2.05, 4.69) is 31.4 Å². The van der Waals surface area contributed by atoms with E-state index >= 15 is 0 Å². The molecule has 1 amide bonds. The van der Waals surface area contributed by atoms with Crippen molar-refractivity contribution in [1.29, 1.82) is 0 Å². The number of ether oxygens (including phenoxy) is 1. The van der Waals surface area contributed by atoms with Crippen LogP contribution in [0.5, 0.6) is 0 Å². The normalized spacial score (nSPS) is 16.6. The predicted octanol–water partition coefficient (Wildman–Crippen LogP) is 4.08. The van der Waals surface area contributed by atoms with Gasteiger partial charge in [-0.3, -0.25) is 4.79 Å². The van der Waals surface area contributed by atoms with Gasteiger partial charge in [0.05, 0.1) is 12.4 Å². The second-order valence-corrected chi connectivity index (χ2v) is 9.26. The van der Waals surface area contributed by atoms with Crippen LogP contribution in [0, 0.1) is 0 Å². The lowest BCUT2D eigenvalue weighted by atomic mass is 10.0. The Hall–Kier alpha value is -1.65. The van der Waals surface area contributed by atoms with Crippen molar-refractivity contribution < 1.29 is 14.3 Å². The van der Waals surface area contributed by atoms with Crippen molar-refractivity contribution in [1.82, 2.24) is 15.1 Å². The molecule has 2 heterocycles. The summed E-state index contributed by atoms with van der Waals surface area (Å²) in [5.74, 6) is -0.155. The van der Waals surface area contributed by atoms with E-state index in [0.717, 1.165) is 23.0 Å². The molecule has 0 spiro atoms. The summed E-state index contributed by atoms with van der Waals surface area (Å²) in [7, 11) is 0. The van der Waals surface area contributed by atoms with Gasteiger partial charge in [-0.25, -0.2) is 4.79 Å². The van der Waals surface area contributed by atoms with Gasteiger partial charge in [0.1, 0.15) is 6.04 Å². The number of piperidine rings is 1. The average molecular weight is 485 g/mol. The molecule has 3 rings (SSSR count). The van der Waals surface area contributed by atoms with Crippen LogP contribution >= 0.6 is 39.0 Å². The number of anilines is 2. The molecule has 0 radical (unpaired) electrons. The number of nitrogens with zero attached hydrogens (tertiary/aromatic N) is 3. The van der Waals surface area contributed by atoms with Crippen molar-refractivity contribution in [2.24, 2.45) is 0 Å². The molecule has 2 aromatic rings. The third-order valence-corrected chi connectivity index (χ3v) is 6.63. The zero-order chi connectivity index (χ0) is 19.9. The molecule has 1 fully saturated rings. The number of rotatable bonds is 7. The molecular weight excluding hydrogens is 464 g/mol. The Balaban J connectivity index is 1.55. The van der Waals surface area contributed by atoms with Gasteiger partial charge in [-0.2, -0.15) is 0 Å². The fourth-order valence-corrected chi connectivity index (χ4v) is 4.99. The van der Waals surface area contributed by atoms with Crippen molar-refractivity contribution in [2.75, 3.05) is 24.2 Å². The van der Waals surface area contributed by atoms with Gasteiger partial charge in [-0.15, -0.1) is 10.2 Å². The Morgan fingerprint density at radius 1 is 1.39 bits per heavy atom. The first-order valence-corrected chi connectivity index (χ1v) is 11.6. The van der Waals surface area contributed by atoms with Crippen LogP contribution < -0.4 is 5.32 Å². The molecule has 7 nitrogen and oxygen atoms in total. The van der Waals surface area contributed by atoms with Crippen molar-refractivity contribution in [3.8, 4) is 0 Å². The first-order valence-electron chi connectivity index (χ1n) is 9.02. The molecule has 1 N–H and O–H groups in total. The summed E-state index contributed by atoms with van der Waals surface area (Å²) < 4.78 is 6.80. The fraction of sp³-hybridized carbons (Fsp3) is 0.444. The summed E-state index contributed by atoms with van der Waals surface area (Å²) in [6.07, 6.45) is 2.50. The summed E-state index contributed by atoms with van der Waals surface area (Å²) in [6, 6.07) is 7.30. The maximum atomic E-state index is 12.7. The average Bonchev–Trinajstić information content (AvgIpc) is 3.13. The number of carbonyl (C=O) groups excluding carboxylic acids is 2. The monoisotopic (exact) mass is 484 g/mol. The van der Waals surface area contributed by atoms with Crippen molar-refractivity contribution >= 4 is 61.7 Å². The number of halogens is 1. The number of benzene rings is 1. The van der Waals surface area contributed by atoms with Crippen LogP contribution in [0.1, 0.15) is 26.2 Å². The molecule has 10 heteroatoms. The van der Waals surface area contributed by atoms with Gasteiger partial charge in [0.2, 0.25) is 11.0 Å². The highest BCUT2D eigenvalue weighted by atomic mass is 79.9. The molecule has 0 saturated carbocycles. The minimum absolute atomic E-state index is 0.0700. The van der Waals surface area contributed by atoms with Crippen LogP contribution in [0.25, 0.3) is 0 Å². The van der Waals surface area contributed by atoms with Gasteiger partial charge >= 0.3 is 5.97 Å². The smallest absolute Gasteiger partial charge is 0.328 e. The van der Waals surface area contributed by atoms with Crippen LogP contribution in [0.3, 0.4) is 0 Å². The molecule has 1 aliphatic heterocycles. The van der Waals surface area contributed by atoms with Crippen LogP contribution in [0.2, 0.25) is 0 Å². The second-order valence-electron chi connectivity index (χ2n) is 6.15. The number of hydrogen-bond donors (Lipinski definition) is 1. The van der Waals surface area contributed by atoms with E-state index in [-0.39, 0.29) is 17.6 Å². The molecule has 28 heavy (non-hydrogen) atoms. The van der Waals surface area contributed by atoms with E-state index < -0.39 is 6.04 Å². The van der Waals surface area contributed by atoms with E-state index in [0.29, 0.717) is 29.0 Å². The minimum Gasteiger partial charge on any atom is -0.464 e. The first kappa shape index (κ1) is 21.1. The number of aromatic nitrogens is 2. The predicted molar refractivity (Wildman–Crippen MR) is 114 cm³/mol. The van der Waals surface area contributed by atoms with Crippen molar-refractivity contribution in [3.63, 3.8) is 0 Å². The molecule has 1 atom stereocenters. The number of hydrogen-bond acceptors (Lipinski definition) is 8. The summed E-state index contributed by atoms with van der Waals surface area (Å²) in [4.78, 5) is 26.4. The number of nitrogens with one attached hydrogen (secondary N) is 1. The van der Waals surface area contributed by atoms with Crippen molar-refractivity contribution in [3.05, 3.63) is 28.7 Å². The highest BCUT2D eigenvalue weighted by Crippen LogP contribution is 2.29. The molecule has 1 saturated heterocycles. The number of esters is 1. The van der Waals surface area contributed by atoms with E-state index in [1.807, 2.05) is 24.3 Å². The number of amides is 1. The van der Waals surface area contributed by atoms with Crippen LogP contribution in [-0.4, -0.2) is 51.9 Å². The Labute approximate surface area is 180 Å². The maximum Gasteiger partial charge on any atom is 0.328 e. The Bertz CT molecular complexity index is 833.